The molecule has 0 radical (unpaired) electrons. The number of rotatable bonds is 65. The standard InChI is InChI=1S/C81H145NO13/c1-3-5-7-9-11-13-15-17-19-21-23-25-27-29-31-33-35-37-39-41-43-45-47-49-51-53-55-57-59-61-63-65-73(86)82-69(68-92-80-78(91)76(89)79(72(67-84)94-80)95-81-77(90)75(88)74(87)71(66-83)93-81)70(85)64-62-60-58-56-54-52-50-48-46-44-42-40-38-36-34-32-30-28-26-24-22-20-18-16-14-12-10-8-6-4-2/h5,7,11,13,17,19,23,25,46,48,54,56,62,64,69-72,74-81,83-85,87-91H,3-4,6,8-10,12,14-16,18,20-22,24,26-45,47,49-53,55,57-61,63,65-68H2,1-2H3,(H,82,86)/b7-5-,13-11-,19-17-,25-23-,48-46+,56-54+,64-62+. The summed E-state index contributed by atoms with van der Waals surface area (Å²) >= 11 is 0. The lowest BCUT2D eigenvalue weighted by molar-refractivity contribution is -0.359. The molecule has 0 aromatic heterocycles. The number of nitrogens with one attached hydrogen (secondary N) is 1. The fraction of sp³-hybridized carbons (Fsp3) is 0.815. The largest absolute Gasteiger partial charge is 0.394 e. The molecule has 0 saturated carbocycles. The highest BCUT2D eigenvalue weighted by atomic mass is 16.7. The third-order valence-corrected chi connectivity index (χ3v) is 18.8. The summed E-state index contributed by atoms with van der Waals surface area (Å²) in [5.74, 6) is -0.251. The number of unbranched alkanes of at least 4 members (excludes halogenated alkanes) is 40. The molecule has 0 aromatic rings. The number of aliphatic hydroxyl groups excluding tert-OH is 8. The van der Waals surface area contributed by atoms with Crippen LogP contribution in [0.3, 0.4) is 0 Å². The second-order valence-electron chi connectivity index (χ2n) is 27.4. The number of carbonyl (C=O) groups is 1. The third-order valence-electron chi connectivity index (χ3n) is 18.8. The molecule has 1 amide bonds. The molecule has 12 atom stereocenters. The minimum Gasteiger partial charge on any atom is -0.394 e. The number of hydrogen-bond acceptors (Lipinski definition) is 13. The first-order valence-electron chi connectivity index (χ1n) is 39.3. The van der Waals surface area contributed by atoms with E-state index >= 15 is 0 Å². The topological polar surface area (TPSA) is 228 Å². The van der Waals surface area contributed by atoms with Crippen LogP contribution in [0.4, 0.5) is 0 Å². The van der Waals surface area contributed by atoms with Crippen molar-refractivity contribution in [2.24, 2.45) is 0 Å². The predicted molar refractivity (Wildman–Crippen MR) is 392 cm³/mol. The number of carbonyl (C=O) groups excluding carboxylic acids is 1. The van der Waals surface area contributed by atoms with Gasteiger partial charge in [0.05, 0.1) is 32.0 Å². The zero-order chi connectivity index (χ0) is 68.7. The molecule has 0 bridgehead atoms. The maximum Gasteiger partial charge on any atom is 0.220 e. The molecule has 2 rings (SSSR count). The molecule has 9 N–H and O–H groups in total. The molecule has 552 valence electrons. The van der Waals surface area contributed by atoms with E-state index in [4.69, 9.17) is 18.9 Å². The summed E-state index contributed by atoms with van der Waals surface area (Å²) < 4.78 is 22.9. The molecule has 0 aromatic carbocycles. The molecule has 2 fully saturated rings. The molecule has 2 aliphatic heterocycles. The first-order valence-corrected chi connectivity index (χ1v) is 39.3. The number of hydrogen-bond donors (Lipinski definition) is 9. The van der Waals surface area contributed by atoms with Crippen LogP contribution in [0.1, 0.15) is 328 Å². The maximum atomic E-state index is 13.4. The number of amides is 1. The van der Waals surface area contributed by atoms with E-state index in [2.05, 4.69) is 92.1 Å². The molecule has 14 nitrogen and oxygen atoms in total. The Morgan fingerprint density at radius 2 is 0.737 bits per heavy atom. The summed E-state index contributed by atoms with van der Waals surface area (Å²) in [5.41, 5.74) is 0. The van der Waals surface area contributed by atoms with Crippen molar-refractivity contribution in [2.75, 3.05) is 19.8 Å². The Hall–Kier alpha value is -2.83. The van der Waals surface area contributed by atoms with Gasteiger partial charge in [0.2, 0.25) is 5.91 Å². The zero-order valence-corrected chi connectivity index (χ0v) is 60.4. The van der Waals surface area contributed by atoms with Crippen molar-refractivity contribution < 1.29 is 64.6 Å². The Morgan fingerprint density at radius 3 is 1.16 bits per heavy atom. The predicted octanol–water partition coefficient (Wildman–Crippen LogP) is 17.5. The Kier molecular flexibility index (Phi) is 60.0. The fourth-order valence-corrected chi connectivity index (χ4v) is 12.6. The van der Waals surface area contributed by atoms with Gasteiger partial charge in [0.25, 0.3) is 0 Å². The minimum atomic E-state index is -1.80. The lowest BCUT2D eigenvalue weighted by atomic mass is 9.97. The van der Waals surface area contributed by atoms with Crippen LogP contribution in [0.2, 0.25) is 0 Å². The summed E-state index contributed by atoms with van der Waals surface area (Å²) in [6.07, 6.45) is 73.8. The van der Waals surface area contributed by atoms with Crippen LogP contribution in [0, 0.1) is 0 Å². The quantitative estimate of drug-likeness (QED) is 0.0204. The van der Waals surface area contributed by atoms with Crippen LogP contribution in [0.25, 0.3) is 0 Å². The zero-order valence-electron chi connectivity index (χ0n) is 60.4. The molecule has 0 spiro atoms. The van der Waals surface area contributed by atoms with E-state index in [-0.39, 0.29) is 18.9 Å². The van der Waals surface area contributed by atoms with E-state index in [0.717, 1.165) is 70.6 Å². The van der Waals surface area contributed by atoms with Crippen LogP contribution in [0.5, 0.6) is 0 Å². The molecular weight excluding hydrogens is 1190 g/mol. The van der Waals surface area contributed by atoms with Gasteiger partial charge in [-0.25, -0.2) is 0 Å². The van der Waals surface area contributed by atoms with E-state index in [1.807, 2.05) is 6.08 Å². The van der Waals surface area contributed by atoms with E-state index in [1.54, 1.807) is 6.08 Å². The van der Waals surface area contributed by atoms with Crippen LogP contribution >= 0.6 is 0 Å². The Bertz CT molecular complexity index is 1920. The summed E-state index contributed by atoms with van der Waals surface area (Å²) in [6.45, 7) is 2.71. The average molecular weight is 1340 g/mol. The molecule has 12 unspecified atom stereocenters. The highest BCUT2D eigenvalue weighted by Gasteiger charge is 2.51. The Labute approximate surface area is 580 Å². The van der Waals surface area contributed by atoms with Gasteiger partial charge in [0.15, 0.2) is 12.6 Å². The van der Waals surface area contributed by atoms with E-state index in [9.17, 15) is 45.6 Å². The summed E-state index contributed by atoms with van der Waals surface area (Å²) in [5, 5.41) is 87.6. The summed E-state index contributed by atoms with van der Waals surface area (Å²) in [7, 11) is 0. The van der Waals surface area contributed by atoms with Crippen molar-refractivity contribution in [2.45, 2.75) is 402 Å². The second-order valence-corrected chi connectivity index (χ2v) is 27.4. The lowest BCUT2D eigenvalue weighted by Gasteiger charge is -2.46. The SMILES string of the molecule is CC/C=C\C/C=C\C/C=C\C/C=C\CCCCCCCCCCCCCCCCCCCCC(=O)NC(COC1OC(CO)C(OC2OC(CO)C(O)C(O)C2O)C(O)C1O)C(O)/C=C/CC/C=C/CC/C=C/CCCCCCCCCCCCCCCCCCCCCC. The summed E-state index contributed by atoms with van der Waals surface area (Å²) in [6, 6.07) is -0.943. The Morgan fingerprint density at radius 1 is 0.389 bits per heavy atom. The van der Waals surface area contributed by atoms with Crippen LogP contribution < -0.4 is 5.32 Å². The van der Waals surface area contributed by atoms with Crippen LogP contribution in [0.15, 0.2) is 85.1 Å². The lowest BCUT2D eigenvalue weighted by Crippen LogP contribution is -2.65. The van der Waals surface area contributed by atoms with Crippen LogP contribution in [-0.4, -0.2) is 140 Å². The van der Waals surface area contributed by atoms with Gasteiger partial charge in [-0.1, -0.05) is 324 Å². The average Bonchev–Trinajstić information content (AvgIpc) is 0.801. The van der Waals surface area contributed by atoms with E-state index < -0.39 is 86.8 Å². The molecule has 0 aliphatic carbocycles. The monoisotopic (exact) mass is 1340 g/mol. The van der Waals surface area contributed by atoms with Gasteiger partial charge in [-0.05, 0) is 83.5 Å². The van der Waals surface area contributed by atoms with Gasteiger partial charge < -0.3 is 65.1 Å². The molecule has 95 heavy (non-hydrogen) atoms. The van der Waals surface area contributed by atoms with Gasteiger partial charge in [0.1, 0.15) is 48.8 Å². The summed E-state index contributed by atoms with van der Waals surface area (Å²) in [4.78, 5) is 13.4. The van der Waals surface area contributed by atoms with Crippen molar-refractivity contribution >= 4 is 5.91 Å². The van der Waals surface area contributed by atoms with E-state index in [1.165, 1.54) is 225 Å². The fourth-order valence-electron chi connectivity index (χ4n) is 12.6. The molecule has 2 heterocycles. The molecular formula is C81H145NO13. The molecule has 2 saturated heterocycles. The van der Waals surface area contributed by atoms with Crippen molar-refractivity contribution in [3.8, 4) is 0 Å². The second kappa shape index (κ2) is 64.5. The van der Waals surface area contributed by atoms with Crippen molar-refractivity contribution in [1.29, 1.82) is 0 Å². The van der Waals surface area contributed by atoms with Gasteiger partial charge in [-0.3, -0.25) is 4.79 Å². The third kappa shape index (κ3) is 47.8. The van der Waals surface area contributed by atoms with Crippen molar-refractivity contribution in [1.82, 2.24) is 5.32 Å². The maximum absolute atomic E-state index is 13.4. The highest BCUT2D eigenvalue weighted by molar-refractivity contribution is 5.76. The van der Waals surface area contributed by atoms with Gasteiger partial charge in [0, 0.05) is 6.42 Å². The number of ether oxygens (including phenoxy) is 4. The smallest absolute Gasteiger partial charge is 0.220 e. The first-order chi connectivity index (χ1) is 46.6. The first kappa shape index (κ1) is 88.3. The molecule has 2 aliphatic rings. The van der Waals surface area contributed by atoms with Gasteiger partial charge in [-0.2, -0.15) is 0 Å². The highest BCUT2D eigenvalue weighted by Crippen LogP contribution is 2.30. The minimum absolute atomic E-state index is 0.251. The van der Waals surface area contributed by atoms with E-state index in [0.29, 0.717) is 12.8 Å². The molecule has 14 heteroatoms. The number of allylic oxidation sites excluding steroid dienone is 13. The van der Waals surface area contributed by atoms with Crippen LogP contribution in [-0.2, 0) is 23.7 Å². The normalized spacial score (nSPS) is 22.8. The van der Waals surface area contributed by atoms with Gasteiger partial charge in [-0.15, -0.1) is 0 Å². The van der Waals surface area contributed by atoms with Crippen molar-refractivity contribution in [3.63, 3.8) is 0 Å². The Balaban J connectivity index is 1.65. The van der Waals surface area contributed by atoms with Crippen molar-refractivity contribution in [3.05, 3.63) is 85.1 Å². The van der Waals surface area contributed by atoms with Gasteiger partial charge >= 0.3 is 0 Å². The number of aliphatic hydroxyl groups is 8.